The van der Waals surface area contributed by atoms with Crippen LogP contribution in [0.4, 0.5) is 34.1 Å². The minimum absolute atomic E-state index is 0.847. The second-order valence-corrected chi connectivity index (χ2v) is 17.7. The second-order valence-electron chi connectivity index (χ2n) is 16.7. The Kier molecular flexibility index (Phi) is 9.07. The van der Waals surface area contributed by atoms with Crippen LogP contribution in [0.5, 0.6) is 0 Å². The van der Waals surface area contributed by atoms with E-state index in [4.69, 9.17) is 9.40 Å². The van der Waals surface area contributed by atoms with E-state index in [9.17, 15) is 0 Å². The Morgan fingerprint density at radius 1 is 0.379 bits per heavy atom. The molecule has 0 saturated heterocycles. The van der Waals surface area contributed by atoms with Gasteiger partial charge in [-0.15, -0.1) is 0 Å². The average molecular weight is 862 g/mol. The van der Waals surface area contributed by atoms with Crippen molar-refractivity contribution in [3.05, 3.63) is 237 Å². The van der Waals surface area contributed by atoms with Crippen LogP contribution in [0.15, 0.2) is 251 Å². The number of hydrogen-bond acceptors (Lipinski definition) is 5. The largest absolute Gasteiger partial charge is 0.454 e. The molecule has 0 saturated carbocycles. The minimum Gasteiger partial charge on any atom is -0.454 e. The summed E-state index contributed by atoms with van der Waals surface area (Å²) in [4.78, 5) is 11.9. The van der Waals surface area contributed by atoms with Crippen molar-refractivity contribution in [2.45, 2.75) is 9.79 Å². The molecular formula is C61H39N3OS. The molecule has 2 aromatic heterocycles. The fraction of sp³-hybridized carbons (Fsp3) is 0. The highest BCUT2D eigenvalue weighted by atomic mass is 32.2. The SMILES string of the molecule is c1ccc(-c2ccccc2N(c2ccc3c(-c4cccnc4)c4c5c(cccc5c3c2)Sc2cc(N(c3ccccc3)c3ccccc3)ccc2-4)c2cccc3c2oc2ccccc23)cc1. The second kappa shape index (κ2) is 15.7. The number of anilines is 6. The number of hydrogen-bond donors (Lipinski definition) is 0. The lowest BCUT2D eigenvalue weighted by Gasteiger charge is -2.30. The Morgan fingerprint density at radius 3 is 1.83 bits per heavy atom. The van der Waals surface area contributed by atoms with Crippen LogP contribution in [0.3, 0.4) is 0 Å². The van der Waals surface area contributed by atoms with E-state index in [0.29, 0.717) is 0 Å². The summed E-state index contributed by atoms with van der Waals surface area (Å²) in [6.07, 6.45) is 3.88. The van der Waals surface area contributed by atoms with Crippen molar-refractivity contribution in [1.82, 2.24) is 4.98 Å². The van der Waals surface area contributed by atoms with E-state index in [1.54, 1.807) is 0 Å². The number of benzene rings is 10. The third-order valence-corrected chi connectivity index (χ3v) is 14.0. The van der Waals surface area contributed by atoms with E-state index >= 15 is 0 Å². The predicted molar refractivity (Wildman–Crippen MR) is 276 cm³/mol. The summed E-state index contributed by atoms with van der Waals surface area (Å²) in [6, 6.07) is 80.5. The van der Waals surface area contributed by atoms with Crippen LogP contribution in [0.1, 0.15) is 0 Å². The molecule has 0 spiro atoms. The molecule has 0 amide bonds. The van der Waals surface area contributed by atoms with Crippen LogP contribution < -0.4 is 9.80 Å². The van der Waals surface area contributed by atoms with Crippen molar-refractivity contribution >= 4 is 89.4 Å². The maximum atomic E-state index is 6.79. The van der Waals surface area contributed by atoms with Crippen molar-refractivity contribution in [3.63, 3.8) is 0 Å². The third-order valence-electron chi connectivity index (χ3n) is 12.9. The summed E-state index contributed by atoms with van der Waals surface area (Å²) in [5.74, 6) is 0. The van der Waals surface area contributed by atoms with E-state index in [1.165, 1.54) is 48.0 Å². The molecule has 13 rings (SSSR count). The molecule has 5 heteroatoms. The topological polar surface area (TPSA) is 32.5 Å². The van der Waals surface area contributed by atoms with Gasteiger partial charge in [-0.25, -0.2) is 0 Å². The highest BCUT2D eigenvalue weighted by molar-refractivity contribution is 7.99. The van der Waals surface area contributed by atoms with Gasteiger partial charge in [0.1, 0.15) is 5.58 Å². The van der Waals surface area contributed by atoms with Gasteiger partial charge in [0.2, 0.25) is 0 Å². The van der Waals surface area contributed by atoms with E-state index in [0.717, 1.165) is 72.8 Å². The smallest absolute Gasteiger partial charge is 0.159 e. The van der Waals surface area contributed by atoms with E-state index in [2.05, 4.69) is 222 Å². The van der Waals surface area contributed by atoms with Crippen molar-refractivity contribution in [2.24, 2.45) is 0 Å². The number of pyridine rings is 1. The molecule has 0 atom stereocenters. The van der Waals surface area contributed by atoms with Gasteiger partial charge in [-0.05, 0) is 112 Å². The van der Waals surface area contributed by atoms with Crippen LogP contribution in [-0.4, -0.2) is 4.98 Å². The molecule has 0 N–H and O–H groups in total. The zero-order valence-corrected chi connectivity index (χ0v) is 36.5. The zero-order valence-electron chi connectivity index (χ0n) is 35.7. The molecule has 4 nitrogen and oxygen atoms in total. The fourth-order valence-corrected chi connectivity index (χ4v) is 11.2. The van der Waals surface area contributed by atoms with Gasteiger partial charge in [0.15, 0.2) is 5.58 Å². The van der Waals surface area contributed by atoms with Gasteiger partial charge in [-0.1, -0.05) is 157 Å². The fourth-order valence-electron chi connectivity index (χ4n) is 10.1. The molecule has 3 heterocycles. The first kappa shape index (κ1) is 38.1. The zero-order chi connectivity index (χ0) is 43.6. The van der Waals surface area contributed by atoms with Gasteiger partial charge < -0.3 is 14.2 Å². The van der Waals surface area contributed by atoms with Crippen molar-refractivity contribution in [3.8, 4) is 33.4 Å². The van der Waals surface area contributed by atoms with Gasteiger partial charge in [0, 0.05) is 77.8 Å². The summed E-state index contributed by atoms with van der Waals surface area (Å²) >= 11 is 1.85. The first-order valence-corrected chi connectivity index (χ1v) is 23.1. The number of rotatable bonds is 8. The molecule has 0 radical (unpaired) electrons. The maximum absolute atomic E-state index is 6.79. The molecule has 12 aromatic rings. The molecule has 1 aliphatic heterocycles. The summed E-state index contributed by atoms with van der Waals surface area (Å²) in [7, 11) is 0. The Hall–Kier alpha value is -8.38. The molecule has 310 valence electrons. The molecular weight excluding hydrogens is 823 g/mol. The Balaban J connectivity index is 1.07. The number of nitrogens with zero attached hydrogens (tertiary/aromatic N) is 3. The average Bonchev–Trinajstić information content (AvgIpc) is 3.77. The molecule has 0 unspecified atom stereocenters. The number of furan rings is 1. The van der Waals surface area contributed by atoms with E-state index < -0.39 is 0 Å². The van der Waals surface area contributed by atoms with Crippen LogP contribution >= 0.6 is 11.8 Å². The molecule has 0 bridgehead atoms. The normalized spacial score (nSPS) is 11.9. The summed E-state index contributed by atoms with van der Waals surface area (Å²) in [5.41, 5.74) is 15.1. The van der Waals surface area contributed by atoms with Gasteiger partial charge in [0.05, 0.1) is 11.4 Å². The lowest BCUT2D eigenvalue weighted by atomic mass is 9.84. The summed E-state index contributed by atoms with van der Waals surface area (Å²) < 4.78 is 6.79. The first-order valence-electron chi connectivity index (χ1n) is 22.3. The van der Waals surface area contributed by atoms with Crippen LogP contribution in [0.25, 0.3) is 76.9 Å². The van der Waals surface area contributed by atoms with E-state index in [-0.39, 0.29) is 0 Å². The maximum Gasteiger partial charge on any atom is 0.159 e. The van der Waals surface area contributed by atoms with Crippen LogP contribution in [-0.2, 0) is 0 Å². The highest BCUT2D eigenvalue weighted by Crippen LogP contribution is 2.56. The lowest BCUT2D eigenvalue weighted by molar-refractivity contribution is 0.669. The standard InChI is InChI=1S/C61H39N3OS/c1-4-17-40(18-5-1)46-24-10-12-28-53(46)64(54-29-14-27-50-47-25-11-13-30-55(47)65-61(50)54)44-32-34-49-52(37-44)48-26-15-31-56-59(48)60(58(49)41-19-16-36-62-39-41)51-35-33-45(38-57(51)66-56)63(42-20-6-2-7-21-42)43-22-8-3-9-23-43/h1-39H. The minimum atomic E-state index is 0.847. The van der Waals surface area contributed by atoms with E-state index in [1.807, 2.05) is 36.3 Å². The highest BCUT2D eigenvalue weighted by Gasteiger charge is 2.29. The molecule has 0 aliphatic carbocycles. The van der Waals surface area contributed by atoms with Gasteiger partial charge in [0.25, 0.3) is 0 Å². The van der Waals surface area contributed by atoms with Crippen molar-refractivity contribution < 1.29 is 4.42 Å². The van der Waals surface area contributed by atoms with Gasteiger partial charge >= 0.3 is 0 Å². The Morgan fingerprint density at radius 2 is 1.03 bits per heavy atom. The van der Waals surface area contributed by atoms with Gasteiger partial charge in [-0.3, -0.25) is 4.98 Å². The third kappa shape index (κ3) is 6.20. The molecule has 66 heavy (non-hydrogen) atoms. The number of para-hydroxylation sites is 5. The Bertz CT molecular complexity index is 3760. The first-order chi connectivity index (χ1) is 32.8. The van der Waals surface area contributed by atoms with Crippen LogP contribution in [0, 0.1) is 0 Å². The summed E-state index contributed by atoms with van der Waals surface area (Å²) in [6.45, 7) is 0. The summed E-state index contributed by atoms with van der Waals surface area (Å²) in [5, 5.41) is 6.99. The number of aromatic nitrogens is 1. The Labute approximate surface area is 386 Å². The molecule has 1 aliphatic rings. The number of fused-ring (bicyclic) bond motifs is 7. The lowest BCUT2D eigenvalue weighted by Crippen LogP contribution is -2.12. The van der Waals surface area contributed by atoms with Crippen molar-refractivity contribution in [1.29, 1.82) is 0 Å². The predicted octanol–water partition coefficient (Wildman–Crippen LogP) is 17.7. The molecule has 10 aromatic carbocycles. The van der Waals surface area contributed by atoms with Crippen LogP contribution in [0.2, 0.25) is 0 Å². The van der Waals surface area contributed by atoms with Crippen molar-refractivity contribution in [2.75, 3.05) is 9.80 Å². The quantitative estimate of drug-likeness (QED) is 0.142. The molecule has 0 fully saturated rings. The monoisotopic (exact) mass is 861 g/mol. The van der Waals surface area contributed by atoms with Gasteiger partial charge in [-0.2, -0.15) is 0 Å².